The number of hydrogen-bond acceptors (Lipinski definition) is 7. The zero-order chi connectivity index (χ0) is 25.4. The summed E-state index contributed by atoms with van der Waals surface area (Å²) in [7, 11) is 0. The van der Waals surface area contributed by atoms with Crippen LogP contribution in [0.4, 0.5) is 38.1 Å². The van der Waals surface area contributed by atoms with E-state index >= 15 is 0 Å². The van der Waals surface area contributed by atoms with Crippen LogP contribution < -0.4 is 15.8 Å². The number of amides is 1. The molecule has 15 heteroatoms. The van der Waals surface area contributed by atoms with Crippen molar-refractivity contribution in [2.75, 3.05) is 36.4 Å². The van der Waals surface area contributed by atoms with E-state index in [1.165, 1.54) is 0 Å². The highest BCUT2D eigenvalue weighted by Crippen LogP contribution is 2.32. The lowest BCUT2D eigenvalue weighted by Crippen LogP contribution is -2.50. The van der Waals surface area contributed by atoms with E-state index in [4.69, 9.17) is 0 Å². The first-order chi connectivity index (χ1) is 16.4. The Morgan fingerprint density at radius 1 is 1.00 bits per heavy atom. The lowest BCUT2D eigenvalue weighted by atomic mass is 10.1. The topological polar surface area (TPSA) is 107 Å². The van der Waals surface area contributed by atoms with Gasteiger partial charge in [-0.1, -0.05) is 0 Å². The molecular formula is C20H21F6N7O2. The van der Waals surface area contributed by atoms with Gasteiger partial charge in [-0.25, -0.2) is 15.1 Å². The number of carbonyl (C=O) groups excluding carboxylic acids is 1. The van der Waals surface area contributed by atoms with Crippen molar-refractivity contribution in [2.24, 2.45) is 5.92 Å². The van der Waals surface area contributed by atoms with E-state index in [2.05, 4.69) is 20.4 Å². The van der Waals surface area contributed by atoms with E-state index in [1.807, 2.05) is 5.10 Å². The summed E-state index contributed by atoms with van der Waals surface area (Å²) in [5, 5.41) is 8.29. The van der Waals surface area contributed by atoms with Gasteiger partial charge in [0.15, 0.2) is 0 Å². The molecule has 0 unspecified atom stereocenters. The van der Waals surface area contributed by atoms with Gasteiger partial charge in [-0.15, -0.1) is 0 Å². The van der Waals surface area contributed by atoms with Crippen LogP contribution in [0.25, 0.3) is 0 Å². The third-order valence-corrected chi connectivity index (χ3v) is 6.08. The lowest BCUT2D eigenvalue weighted by Gasteiger charge is -2.36. The van der Waals surface area contributed by atoms with E-state index in [-0.39, 0.29) is 29.6 Å². The fourth-order valence-corrected chi connectivity index (χ4v) is 4.25. The second-order valence-corrected chi connectivity index (χ2v) is 8.43. The molecule has 2 aromatic heterocycles. The molecule has 2 fully saturated rings. The number of aromatic amines is 1. The molecule has 1 saturated carbocycles. The molecule has 1 aliphatic heterocycles. The largest absolute Gasteiger partial charge is 0.421 e. The van der Waals surface area contributed by atoms with Crippen LogP contribution in [-0.4, -0.2) is 63.2 Å². The minimum atomic E-state index is -4.81. The number of nitrogens with zero attached hydrogens (tertiary/aromatic N) is 5. The average Bonchev–Trinajstić information content (AvgIpc) is 3.27. The Kier molecular flexibility index (Phi) is 6.60. The van der Waals surface area contributed by atoms with Crippen LogP contribution in [0.5, 0.6) is 0 Å². The molecule has 0 spiro atoms. The molecular weight excluding hydrogens is 484 g/mol. The van der Waals surface area contributed by atoms with Crippen molar-refractivity contribution in [3.63, 3.8) is 0 Å². The molecule has 2 aliphatic rings. The first-order valence-electron chi connectivity index (χ1n) is 10.8. The minimum absolute atomic E-state index is 0.0901. The zero-order valence-electron chi connectivity index (χ0n) is 18.2. The van der Waals surface area contributed by atoms with Crippen molar-refractivity contribution in [1.82, 2.24) is 25.1 Å². The maximum Gasteiger partial charge on any atom is 0.421 e. The summed E-state index contributed by atoms with van der Waals surface area (Å²) in [4.78, 5) is 35.2. The normalized spacial score (nSPS) is 21.3. The van der Waals surface area contributed by atoms with Crippen molar-refractivity contribution < 1.29 is 31.1 Å². The van der Waals surface area contributed by atoms with Crippen LogP contribution in [0.1, 0.15) is 30.4 Å². The van der Waals surface area contributed by atoms with Gasteiger partial charge in [0.25, 0.3) is 5.56 Å². The van der Waals surface area contributed by atoms with Gasteiger partial charge in [0, 0.05) is 56.6 Å². The lowest BCUT2D eigenvalue weighted by molar-refractivity contribution is -0.139. The number of rotatable bonds is 4. The highest BCUT2D eigenvalue weighted by atomic mass is 19.4. The maximum absolute atomic E-state index is 12.9. The Bertz CT molecular complexity index is 1110. The number of piperazine rings is 1. The third-order valence-electron chi connectivity index (χ3n) is 6.08. The predicted molar refractivity (Wildman–Crippen MR) is 110 cm³/mol. The van der Waals surface area contributed by atoms with Gasteiger partial charge in [-0.05, 0) is 19.3 Å². The highest BCUT2D eigenvalue weighted by Gasteiger charge is 2.37. The summed E-state index contributed by atoms with van der Waals surface area (Å²) < 4.78 is 76.8. The van der Waals surface area contributed by atoms with Gasteiger partial charge in [-0.2, -0.15) is 31.4 Å². The third kappa shape index (κ3) is 5.65. The Morgan fingerprint density at radius 2 is 1.66 bits per heavy atom. The van der Waals surface area contributed by atoms with Gasteiger partial charge in [0.2, 0.25) is 11.9 Å². The smallest absolute Gasteiger partial charge is 0.366 e. The molecule has 190 valence electrons. The van der Waals surface area contributed by atoms with Crippen LogP contribution >= 0.6 is 0 Å². The number of carbonyl (C=O) groups is 1. The van der Waals surface area contributed by atoms with Crippen LogP contribution in [0.2, 0.25) is 0 Å². The van der Waals surface area contributed by atoms with Gasteiger partial charge < -0.3 is 15.1 Å². The quantitative estimate of drug-likeness (QED) is 0.615. The molecule has 0 bridgehead atoms. The number of alkyl halides is 6. The molecule has 35 heavy (non-hydrogen) atoms. The van der Waals surface area contributed by atoms with E-state index < -0.39 is 29.0 Å². The highest BCUT2D eigenvalue weighted by molar-refractivity contribution is 5.79. The second-order valence-electron chi connectivity index (χ2n) is 8.43. The van der Waals surface area contributed by atoms with Gasteiger partial charge in [0.05, 0.1) is 5.56 Å². The Balaban J connectivity index is 1.30. The molecule has 1 aliphatic carbocycles. The van der Waals surface area contributed by atoms with Gasteiger partial charge >= 0.3 is 12.4 Å². The average molecular weight is 505 g/mol. The second kappa shape index (κ2) is 9.34. The monoisotopic (exact) mass is 505 g/mol. The number of nitrogens with one attached hydrogen (secondary N) is 2. The number of aromatic nitrogens is 4. The summed E-state index contributed by atoms with van der Waals surface area (Å²) in [5.41, 5.74) is -3.62. The Morgan fingerprint density at radius 3 is 2.26 bits per heavy atom. The van der Waals surface area contributed by atoms with Crippen LogP contribution in [-0.2, 0) is 17.1 Å². The molecule has 2 N–H and O–H groups in total. The summed E-state index contributed by atoms with van der Waals surface area (Å²) >= 11 is 0. The molecule has 3 heterocycles. The SMILES string of the molecule is O=C([C@H]1CC[C@@H](Nc2cc(C(F)(F)F)c(=O)[nH]n2)C1)N1CCN(c2ncc(C(F)(F)F)cn2)CC1. The predicted octanol–water partition coefficient (Wildman–Crippen LogP) is 2.53. The van der Waals surface area contributed by atoms with E-state index in [9.17, 15) is 35.9 Å². The summed E-state index contributed by atoms with van der Waals surface area (Å²) in [6, 6.07) is 0.363. The van der Waals surface area contributed by atoms with Gasteiger partial charge in [0.1, 0.15) is 11.4 Å². The van der Waals surface area contributed by atoms with Crippen molar-refractivity contribution in [1.29, 1.82) is 0 Å². The fourth-order valence-electron chi connectivity index (χ4n) is 4.25. The van der Waals surface area contributed by atoms with Crippen LogP contribution in [0, 0.1) is 5.92 Å². The molecule has 2 atom stereocenters. The van der Waals surface area contributed by atoms with E-state index in [1.54, 1.807) is 9.80 Å². The van der Waals surface area contributed by atoms with Crippen LogP contribution in [0.15, 0.2) is 23.3 Å². The number of anilines is 2. The molecule has 2 aromatic rings. The number of hydrogen-bond donors (Lipinski definition) is 2. The maximum atomic E-state index is 12.9. The molecule has 0 aromatic carbocycles. The van der Waals surface area contributed by atoms with Crippen LogP contribution in [0.3, 0.4) is 0 Å². The standard InChI is InChI=1S/C20H21F6N7O2/c21-19(22,23)12-9-27-18(28-10-12)33-5-3-32(4-6-33)17(35)11-1-2-13(7-11)29-15-8-14(20(24,25)26)16(34)31-30-15/h8-11,13H,1-7H2,(H,29,30)(H,31,34)/t11-,13+/m0/s1. The summed E-state index contributed by atoms with van der Waals surface area (Å²) in [6.45, 7) is 1.39. The van der Waals surface area contributed by atoms with Crippen molar-refractivity contribution >= 4 is 17.7 Å². The van der Waals surface area contributed by atoms with Crippen molar-refractivity contribution in [3.05, 3.63) is 39.9 Å². The molecule has 4 rings (SSSR count). The van der Waals surface area contributed by atoms with E-state index in [0.29, 0.717) is 51.5 Å². The number of halogens is 6. The summed E-state index contributed by atoms with van der Waals surface area (Å²) in [5.74, 6) is -0.388. The van der Waals surface area contributed by atoms with Crippen molar-refractivity contribution in [2.45, 2.75) is 37.7 Å². The fraction of sp³-hybridized carbons (Fsp3) is 0.550. The van der Waals surface area contributed by atoms with Gasteiger partial charge in [-0.3, -0.25) is 9.59 Å². The minimum Gasteiger partial charge on any atom is -0.366 e. The first-order valence-corrected chi connectivity index (χ1v) is 10.8. The Labute approximate surface area is 194 Å². The molecule has 9 nitrogen and oxygen atoms in total. The molecule has 1 saturated heterocycles. The molecule has 0 radical (unpaired) electrons. The Hall–Kier alpha value is -3.39. The number of H-pyrrole nitrogens is 1. The molecule has 1 amide bonds. The first kappa shape index (κ1) is 24.7. The summed E-state index contributed by atoms with van der Waals surface area (Å²) in [6.07, 6.45) is -6.42. The zero-order valence-corrected chi connectivity index (χ0v) is 18.2. The van der Waals surface area contributed by atoms with Crippen molar-refractivity contribution in [3.8, 4) is 0 Å². The van der Waals surface area contributed by atoms with E-state index in [0.717, 1.165) is 12.4 Å².